The van der Waals surface area contributed by atoms with E-state index in [9.17, 15) is 13.2 Å². The Bertz CT molecular complexity index is 289. The van der Waals surface area contributed by atoms with Gasteiger partial charge in [0, 0.05) is 0 Å². The van der Waals surface area contributed by atoms with Crippen LogP contribution in [0.25, 0.3) is 0 Å². The largest absolute Gasteiger partial charge is 0.465 e. The molecule has 0 fully saturated rings. The Morgan fingerprint density at radius 1 is 1.29 bits per heavy atom. The first-order valence-corrected chi connectivity index (χ1v) is 5.94. The molecule has 0 spiro atoms. The second-order valence-electron chi connectivity index (χ2n) is 2.90. The second kappa shape index (κ2) is 4.75. The predicted molar refractivity (Wildman–Crippen MR) is 51.5 cm³/mol. The summed E-state index contributed by atoms with van der Waals surface area (Å²) in [5.41, 5.74) is 0. The summed E-state index contributed by atoms with van der Waals surface area (Å²) in [7, 11) is -4.42. The minimum atomic E-state index is -4.42. The third-order valence-electron chi connectivity index (χ3n) is 2.28. The van der Waals surface area contributed by atoms with Crippen molar-refractivity contribution in [1.82, 2.24) is 0 Å². The molecule has 0 saturated carbocycles. The third kappa shape index (κ3) is 2.24. The summed E-state index contributed by atoms with van der Waals surface area (Å²) in [6.07, 6.45) is 0.00231. The van der Waals surface area contributed by atoms with E-state index in [0.717, 1.165) is 0 Å². The SMILES string of the molecule is CCOC(=O)C(CC)(CC)S(=O)(=O)O. The van der Waals surface area contributed by atoms with Gasteiger partial charge in [-0.2, -0.15) is 8.42 Å². The molecule has 6 heteroatoms. The Kier molecular flexibility index (Phi) is 4.54. The summed E-state index contributed by atoms with van der Waals surface area (Å²) in [4.78, 5) is 11.4. The van der Waals surface area contributed by atoms with Gasteiger partial charge in [0.1, 0.15) is 0 Å². The van der Waals surface area contributed by atoms with Crippen molar-refractivity contribution in [3.63, 3.8) is 0 Å². The molecule has 0 saturated heterocycles. The zero-order chi connectivity index (χ0) is 11.4. The standard InChI is InChI=1S/C8H16O5S/c1-4-8(5-2,14(10,11)12)7(9)13-6-3/h4-6H2,1-3H3,(H,10,11,12). The Labute approximate surface area is 84.2 Å². The van der Waals surface area contributed by atoms with Crippen LogP contribution in [-0.4, -0.2) is 30.3 Å². The van der Waals surface area contributed by atoms with Crippen molar-refractivity contribution in [2.45, 2.75) is 38.4 Å². The van der Waals surface area contributed by atoms with Gasteiger partial charge in [0.25, 0.3) is 10.1 Å². The quantitative estimate of drug-likeness (QED) is 0.556. The van der Waals surface area contributed by atoms with Crippen LogP contribution in [0, 0.1) is 0 Å². The number of ether oxygens (including phenoxy) is 1. The number of carbonyl (C=O) groups is 1. The highest BCUT2D eigenvalue weighted by atomic mass is 32.2. The topological polar surface area (TPSA) is 80.7 Å². The lowest BCUT2D eigenvalue weighted by Gasteiger charge is -2.25. The van der Waals surface area contributed by atoms with E-state index in [1.165, 1.54) is 13.8 Å². The highest BCUT2D eigenvalue weighted by molar-refractivity contribution is 7.88. The Morgan fingerprint density at radius 2 is 1.71 bits per heavy atom. The fourth-order valence-corrected chi connectivity index (χ4v) is 2.27. The minimum absolute atomic E-state index is 0.00116. The lowest BCUT2D eigenvalue weighted by molar-refractivity contribution is -0.146. The van der Waals surface area contributed by atoms with Gasteiger partial charge in [-0.25, -0.2) is 0 Å². The molecule has 0 aromatic carbocycles. The number of rotatable bonds is 5. The summed E-state index contributed by atoms with van der Waals surface area (Å²) in [6.45, 7) is 4.72. The molecule has 0 aliphatic rings. The number of esters is 1. The van der Waals surface area contributed by atoms with Crippen LogP contribution in [0.5, 0.6) is 0 Å². The van der Waals surface area contributed by atoms with Gasteiger partial charge in [0.2, 0.25) is 0 Å². The lowest BCUT2D eigenvalue weighted by Crippen LogP contribution is -2.46. The van der Waals surface area contributed by atoms with Gasteiger partial charge in [-0.1, -0.05) is 13.8 Å². The fraction of sp³-hybridized carbons (Fsp3) is 0.875. The normalized spacial score (nSPS) is 12.6. The molecule has 0 amide bonds. The van der Waals surface area contributed by atoms with E-state index in [1.54, 1.807) is 6.92 Å². The van der Waals surface area contributed by atoms with Crippen LogP contribution in [-0.2, 0) is 19.6 Å². The molecule has 0 heterocycles. The van der Waals surface area contributed by atoms with Gasteiger partial charge in [-0.3, -0.25) is 9.35 Å². The summed E-state index contributed by atoms with van der Waals surface area (Å²) >= 11 is 0. The highest BCUT2D eigenvalue weighted by Gasteiger charge is 2.48. The molecule has 84 valence electrons. The van der Waals surface area contributed by atoms with Crippen molar-refractivity contribution >= 4 is 16.1 Å². The Hall–Kier alpha value is -0.620. The van der Waals surface area contributed by atoms with Crippen molar-refractivity contribution in [1.29, 1.82) is 0 Å². The monoisotopic (exact) mass is 224 g/mol. The fourth-order valence-electron chi connectivity index (χ4n) is 1.27. The van der Waals surface area contributed by atoms with E-state index < -0.39 is 20.8 Å². The maximum Gasteiger partial charge on any atom is 0.329 e. The summed E-state index contributed by atoms with van der Waals surface area (Å²) in [5, 5.41) is 0. The van der Waals surface area contributed by atoms with Gasteiger partial charge in [0.05, 0.1) is 6.61 Å². The highest BCUT2D eigenvalue weighted by Crippen LogP contribution is 2.26. The average Bonchev–Trinajstić information content (AvgIpc) is 2.05. The lowest BCUT2D eigenvalue weighted by atomic mass is 10.0. The first-order valence-electron chi connectivity index (χ1n) is 4.50. The molecular formula is C8H16O5S. The van der Waals surface area contributed by atoms with E-state index in [-0.39, 0.29) is 19.4 Å². The maximum absolute atomic E-state index is 11.4. The molecule has 14 heavy (non-hydrogen) atoms. The molecule has 1 N–H and O–H groups in total. The van der Waals surface area contributed by atoms with E-state index in [1.807, 2.05) is 0 Å². The van der Waals surface area contributed by atoms with E-state index in [2.05, 4.69) is 4.74 Å². The molecule has 0 aliphatic heterocycles. The van der Waals surface area contributed by atoms with Crippen LogP contribution >= 0.6 is 0 Å². The van der Waals surface area contributed by atoms with Gasteiger partial charge in [-0.05, 0) is 19.8 Å². The average molecular weight is 224 g/mol. The zero-order valence-corrected chi connectivity index (χ0v) is 9.43. The van der Waals surface area contributed by atoms with Crippen molar-refractivity contribution < 1.29 is 22.5 Å². The molecule has 0 radical (unpaired) electrons. The van der Waals surface area contributed by atoms with Crippen LogP contribution < -0.4 is 0 Å². The maximum atomic E-state index is 11.4. The molecular weight excluding hydrogens is 208 g/mol. The van der Waals surface area contributed by atoms with Crippen molar-refractivity contribution in [2.75, 3.05) is 6.61 Å². The van der Waals surface area contributed by atoms with Gasteiger partial charge < -0.3 is 4.74 Å². The molecule has 0 bridgehead atoms. The van der Waals surface area contributed by atoms with E-state index in [4.69, 9.17) is 4.55 Å². The molecule has 0 aromatic heterocycles. The minimum Gasteiger partial charge on any atom is -0.465 e. The summed E-state index contributed by atoms with van der Waals surface area (Å²) in [6, 6.07) is 0. The molecule has 0 atom stereocenters. The second-order valence-corrected chi connectivity index (χ2v) is 4.63. The summed E-state index contributed by atoms with van der Waals surface area (Å²) < 4.78 is 34.0. The predicted octanol–water partition coefficient (Wildman–Crippen LogP) is 0.996. The molecule has 0 aromatic rings. The molecule has 0 aliphatic carbocycles. The Balaban J connectivity index is 5.19. The van der Waals surface area contributed by atoms with Crippen LogP contribution in [0.15, 0.2) is 0 Å². The Morgan fingerprint density at radius 3 is 1.93 bits per heavy atom. The summed E-state index contributed by atoms with van der Waals surface area (Å²) in [5.74, 6) is -0.882. The van der Waals surface area contributed by atoms with Crippen LogP contribution in [0.3, 0.4) is 0 Å². The van der Waals surface area contributed by atoms with Gasteiger partial charge in [-0.15, -0.1) is 0 Å². The first kappa shape index (κ1) is 13.4. The van der Waals surface area contributed by atoms with Crippen molar-refractivity contribution in [3.05, 3.63) is 0 Å². The first-order chi connectivity index (χ1) is 6.35. The van der Waals surface area contributed by atoms with Crippen LogP contribution in [0.2, 0.25) is 0 Å². The van der Waals surface area contributed by atoms with E-state index >= 15 is 0 Å². The molecule has 0 rings (SSSR count). The van der Waals surface area contributed by atoms with Gasteiger partial charge in [0.15, 0.2) is 4.75 Å². The number of hydrogen-bond acceptors (Lipinski definition) is 4. The zero-order valence-electron chi connectivity index (χ0n) is 8.61. The van der Waals surface area contributed by atoms with Crippen LogP contribution in [0.4, 0.5) is 0 Å². The third-order valence-corrected chi connectivity index (χ3v) is 4.02. The molecule has 5 nitrogen and oxygen atoms in total. The van der Waals surface area contributed by atoms with Gasteiger partial charge >= 0.3 is 5.97 Å². The molecule has 0 unspecified atom stereocenters. The number of hydrogen-bond donors (Lipinski definition) is 1. The number of carbonyl (C=O) groups excluding carboxylic acids is 1. The van der Waals surface area contributed by atoms with E-state index in [0.29, 0.717) is 0 Å². The van der Waals surface area contributed by atoms with Crippen molar-refractivity contribution in [2.24, 2.45) is 0 Å². The smallest absolute Gasteiger partial charge is 0.329 e. The van der Waals surface area contributed by atoms with Crippen LogP contribution in [0.1, 0.15) is 33.6 Å². The van der Waals surface area contributed by atoms with Crippen molar-refractivity contribution in [3.8, 4) is 0 Å².